The van der Waals surface area contributed by atoms with Gasteiger partial charge in [-0.15, -0.1) is 0 Å². The molecule has 0 bridgehead atoms. The van der Waals surface area contributed by atoms with E-state index in [0.717, 1.165) is 38.8 Å². The van der Waals surface area contributed by atoms with E-state index in [1.165, 1.54) is 0 Å². The first kappa shape index (κ1) is 16.0. The largest absolute Gasteiger partial charge is 0.339 e. The van der Waals surface area contributed by atoms with Crippen LogP contribution in [-0.4, -0.2) is 23.9 Å². The molecule has 0 atom stereocenters. The molecule has 0 N–H and O–H groups in total. The summed E-state index contributed by atoms with van der Waals surface area (Å²) in [4.78, 5) is 13.5. The zero-order valence-electron chi connectivity index (χ0n) is 11.6. The third kappa shape index (κ3) is 8.73. The summed E-state index contributed by atoms with van der Waals surface area (Å²) in [5.41, 5.74) is 0. The smallest absolute Gasteiger partial charge is 0.222 e. The molecule has 0 radical (unpaired) electrons. The van der Waals surface area contributed by atoms with Gasteiger partial charge in [0.15, 0.2) is 0 Å². The van der Waals surface area contributed by atoms with Crippen LogP contribution in [0.1, 0.15) is 52.9 Å². The molecule has 98 valence electrons. The van der Waals surface area contributed by atoms with Gasteiger partial charge in [-0.3, -0.25) is 4.79 Å². The number of carbonyl (C=O) groups excluding carboxylic acids is 1. The molecule has 0 saturated heterocycles. The van der Waals surface area contributed by atoms with Gasteiger partial charge < -0.3 is 4.90 Å². The zero-order valence-corrected chi connectivity index (χ0v) is 11.6. The van der Waals surface area contributed by atoms with Crippen molar-refractivity contribution in [2.45, 2.75) is 52.9 Å². The molecule has 0 saturated carbocycles. The van der Waals surface area contributed by atoms with Crippen LogP contribution in [0.5, 0.6) is 0 Å². The van der Waals surface area contributed by atoms with Gasteiger partial charge in [0.1, 0.15) is 0 Å². The van der Waals surface area contributed by atoms with E-state index in [2.05, 4.69) is 38.2 Å². The summed E-state index contributed by atoms with van der Waals surface area (Å²) in [6, 6.07) is 0. The number of rotatable bonds is 9. The number of hydrogen-bond acceptors (Lipinski definition) is 1. The van der Waals surface area contributed by atoms with Crippen LogP contribution in [0, 0.1) is 0 Å². The molecule has 0 aromatic heterocycles. The standard InChI is InChI=1S/C15H27NO/c1-4-7-8-9-10-11-12-14-16(13-5-2)15(17)6-3/h7-8,11-12H,4-6,9-10,13-14H2,1-3H3/b8-7-,12-11-. The van der Waals surface area contributed by atoms with Crippen molar-refractivity contribution in [1.29, 1.82) is 0 Å². The van der Waals surface area contributed by atoms with Crippen LogP contribution in [0.3, 0.4) is 0 Å². The van der Waals surface area contributed by atoms with Crippen LogP contribution < -0.4 is 0 Å². The second kappa shape index (κ2) is 11.4. The Morgan fingerprint density at radius 3 is 2.18 bits per heavy atom. The first-order valence-electron chi connectivity index (χ1n) is 6.83. The molecule has 0 aromatic carbocycles. The summed E-state index contributed by atoms with van der Waals surface area (Å²) < 4.78 is 0. The highest BCUT2D eigenvalue weighted by molar-refractivity contribution is 5.75. The lowest BCUT2D eigenvalue weighted by atomic mass is 10.2. The maximum absolute atomic E-state index is 11.6. The van der Waals surface area contributed by atoms with Gasteiger partial charge in [0, 0.05) is 19.5 Å². The predicted molar refractivity (Wildman–Crippen MR) is 75.0 cm³/mol. The Balaban J connectivity index is 3.83. The molecule has 2 heteroatoms. The van der Waals surface area contributed by atoms with Gasteiger partial charge in [-0.05, 0) is 25.7 Å². The highest BCUT2D eigenvalue weighted by Crippen LogP contribution is 1.99. The van der Waals surface area contributed by atoms with Crippen molar-refractivity contribution in [2.75, 3.05) is 13.1 Å². The van der Waals surface area contributed by atoms with Crippen LogP contribution in [-0.2, 0) is 4.79 Å². The Labute approximate surface area is 106 Å². The second-order valence-corrected chi connectivity index (χ2v) is 4.12. The number of allylic oxidation sites excluding steroid dienone is 3. The number of hydrogen-bond donors (Lipinski definition) is 0. The van der Waals surface area contributed by atoms with Gasteiger partial charge in [0.2, 0.25) is 5.91 Å². The molecule has 17 heavy (non-hydrogen) atoms. The summed E-state index contributed by atoms with van der Waals surface area (Å²) in [5.74, 6) is 0.252. The van der Waals surface area contributed by atoms with Crippen molar-refractivity contribution in [2.24, 2.45) is 0 Å². The molecular formula is C15H27NO. The summed E-state index contributed by atoms with van der Waals surface area (Å²) in [5, 5.41) is 0. The van der Waals surface area contributed by atoms with Crippen molar-refractivity contribution in [3.63, 3.8) is 0 Å². The highest BCUT2D eigenvalue weighted by Gasteiger charge is 2.07. The lowest BCUT2D eigenvalue weighted by molar-refractivity contribution is -0.130. The van der Waals surface area contributed by atoms with Crippen molar-refractivity contribution in [3.05, 3.63) is 24.3 Å². The maximum Gasteiger partial charge on any atom is 0.222 e. The minimum atomic E-state index is 0.252. The molecule has 2 nitrogen and oxygen atoms in total. The first-order chi connectivity index (χ1) is 8.26. The third-order valence-electron chi connectivity index (χ3n) is 2.54. The lowest BCUT2D eigenvalue weighted by Crippen LogP contribution is -2.31. The number of unbranched alkanes of at least 4 members (excludes halogenated alkanes) is 1. The van der Waals surface area contributed by atoms with E-state index in [4.69, 9.17) is 0 Å². The van der Waals surface area contributed by atoms with Crippen LogP contribution in [0.2, 0.25) is 0 Å². The van der Waals surface area contributed by atoms with E-state index >= 15 is 0 Å². The van der Waals surface area contributed by atoms with Crippen LogP contribution in [0.4, 0.5) is 0 Å². The fourth-order valence-corrected chi connectivity index (χ4v) is 1.61. The SMILES string of the molecule is CC/C=C\CC/C=C\CN(CCC)C(=O)CC. The van der Waals surface area contributed by atoms with E-state index in [9.17, 15) is 4.79 Å². The van der Waals surface area contributed by atoms with Crippen LogP contribution in [0.15, 0.2) is 24.3 Å². The topological polar surface area (TPSA) is 20.3 Å². The summed E-state index contributed by atoms with van der Waals surface area (Å²) in [6.45, 7) is 7.80. The Morgan fingerprint density at radius 1 is 1.00 bits per heavy atom. The van der Waals surface area contributed by atoms with E-state index in [0.29, 0.717) is 6.42 Å². The molecule has 0 aliphatic heterocycles. The monoisotopic (exact) mass is 237 g/mol. The third-order valence-corrected chi connectivity index (χ3v) is 2.54. The van der Waals surface area contributed by atoms with Gasteiger partial charge in [-0.25, -0.2) is 0 Å². The van der Waals surface area contributed by atoms with Gasteiger partial charge in [0.25, 0.3) is 0 Å². The van der Waals surface area contributed by atoms with E-state index in [1.807, 2.05) is 11.8 Å². The minimum absolute atomic E-state index is 0.252. The normalized spacial score (nSPS) is 11.5. The molecule has 0 aliphatic carbocycles. The Hall–Kier alpha value is -1.05. The van der Waals surface area contributed by atoms with Gasteiger partial charge in [0.05, 0.1) is 0 Å². The van der Waals surface area contributed by atoms with Gasteiger partial charge in [-0.2, -0.15) is 0 Å². The molecule has 0 aromatic rings. The predicted octanol–water partition coefficient (Wildman–Crippen LogP) is 3.94. The highest BCUT2D eigenvalue weighted by atomic mass is 16.2. The van der Waals surface area contributed by atoms with Crippen molar-refractivity contribution in [1.82, 2.24) is 4.90 Å². The summed E-state index contributed by atoms with van der Waals surface area (Å²) in [7, 11) is 0. The van der Waals surface area contributed by atoms with Crippen LogP contribution in [0.25, 0.3) is 0 Å². The quantitative estimate of drug-likeness (QED) is 0.439. The van der Waals surface area contributed by atoms with E-state index in [1.54, 1.807) is 0 Å². The maximum atomic E-state index is 11.6. The molecule has 0 rings (SSSR count). The second-order valence-electron chi connectivity index (χ2n) is 4.12. The molecule has 0 unspecified atom stereocenters. The van der Waals surface area contributed by atoms with Crippen molar-refractivity contribution in [3.8, 4) is 0 Å². The average Bonchev–Trinajstić information content (AvgIpc) is 2.35. The molecule has 0 aliphatic rings. The lowest BCUT2D eigenvalue weighted by Gasteiger charge is -2.19. The minimum Gasteiger partial charge on any atom is -0.339 e. The molecule has 0 heterocycles. The Morgan fingerprint density at radius 2 is 1.65 bits per heavy atom. The number of carbonyl (C=O) groups is 1. The summed E-state index contributed by atoms with van der Waals surface area (Å²) >= 11 is 0. The van der Waals surface area contributed by atoms with E-state index < -0.39 is 0 Å². The number of nitrogens with zero attached hydrogens (tertiary/aromatic N) is 1. The Kier molecular flexibility index (Phi) is 10.7. The molecule has 0 spiro atoms. The molecule has 1 amide bonds. The fourth-order valence-electron chi connectivity index (χ4n) is 1.61. The Bertz CT molecular complexity index is 243. The van der Waals surface area contributed by atoms with Gasteiger partial charge in [-0.1, -0.05) is 45.1 Å². The fraction of sp³-hybridized carbons (Fsp3) is 0.667. The summed E-state index contributed by atoms with van der Waals surface area (Å²) in [6.07, 6.45) is 13.6. The first-order valence-corrected chi connectivity index (χ1v) is 6.83. The average molecular weight is 237 g/mol. The van der Waals surface area contributed by atoms with Crippen molar-refractivity contribution >= 4 is 5.91 Å². The molecular weight excluding hydrogens is 210 g/mol. The van der Waals surface area contributed by atoms with Gasteiger partial charge >= 0.3 is 0 Å². The molecule has 0 fully saturated rings. The van der Waals surface area contributed by atoms with Crippen LogP contribution >= 0.6 is 0 Å². The number of amides is 1. The zero-order chi connectivity index (χ0) is 12.9. The van der Waals surface area contributed by atoms with Crippen molar-refractivity contribution < 1.29 is 4.79 Å². The van der Waals surface area contributed by atoms with E-state index in [-0.39, 0.29) is 5.91 Å².